The van der Waals surface area contributed by atoms with Crippen molar-refractivity contribution in [3.05, 3.63) is 29.6 Å². The summed E-state index contributed by atoms with van der Waals surface area (Å²) in [6.07, 6.45) is 0.324. The Morgan fingerprint density at radius 2 is 1.74 bits per heavy atom. The first-order chi connectivity index (χ1) is 8.94. The van der Waals surface area contributed by atoms with Gasteiger partial charge in [0.25, 0.3) is 0 Å². The molecular formula is C13H12F4N2. The molecule has 2 aromatic rings. The molecule has 0 unspecified atom stereocenters. The number of nitrogens with zero attached hydrogens (tertiary/aromatic N) is 1. The molecular weight excluding hydrogens is 260 g/mol. The van der Waals surface area contributed by atoms with Gasteiger partial charge in [-0.3, -0.25) is 0 Å². The van der Waals surface area contributed by atoms with Crippen molar-refractivity contribution in [2.24, 2.45) is 0 Å². The Hall–Kier alpha value is -1.59. The van der Waals surface area contributed by atoms with Crippen molar-refractivity contribution in [3.63, 3.8) is 0 Å². The third kappa shape index (κ3) is 2.31. The lowest BCUT2D eigenvalue weighted by atomic mass is 9.86. The lowest BCUT2D eigenvalue weighted by molar-refractivity contribution is -0.0387. The van der Waals surface area contributed by atoms with Crippen LogP contribution < -0.4 is 0 Å². The van der Waals surface area contributed by atoms with Gasteiger partial charge in [0, 0.05) is 30.9 Å². The second-order valence-electron chi connectivity index (χ2n) is 5.04. The van der Waals surface area contributed by atoms with Crippen molar-refractivity contribution in [1.82, 2.24) is 9.97 Å². The highest BCUT2D eigenvalue weighted by Crippen LogP contribution is 2.40. The monoisotopic (exact) mass is 272 g/mol. The minimum atomic E-state index is -2.60. The van der Waals surface area contributed by atoms with Crippen molar-refractivity contribution < 1.29 is 17.6 Å². The summed E-state index contributed by atoms with van der Waals surface area (Å²) in [5.74, 6) is -4.06. The van der Waals surface area contributed by atoms with Crippen molar-refractivity contribution in [3.8, 4) is 0 Å². The number of halogens is 4. The number of alkyl halides is 2. The Morgan fingerprint density at radius 1 is 1.11 bits per heavy atom. The third-order valence-electron chi connectivity index (χ3n) is 3.65. The maximum absolute atomic E-state index is 13.1. The normalized spacial score (nSPS) is 20.0. The molecule has 102 valence electrons. The fraction of sp³-hybridized carbons (Fsp3) is 0.462. The van der Waals surface area contributed by atoms with Gasteiger partial charge < -0.3 is 4.98 Å². The summed E-state index contributed by atoms with van der Waals surface area (Å²) in [4.78, 5) is 7.08. The van der Waals surface area contributed by atoms with Crippen LogP contribution in [0.15, 0.2) is 12.1 Å². The van der Waals surface area contributed by atoms with E-state index in [2.05, 4.69) is 9.97 Å². The van der Waals surface area contributed by atoms with Gasteiger partial charge >= 0.3 is 0 Å². The first kappa shape index (κ1) is 12.4. The number of rotatable bonds is 1. The smallest absolute Gasteiger partial charge is 0.248 e. The van der Waals surface area contributed by atoms with Crippen molar-refractivity contribution >= 4 is 11.0 Å². The molecule has 6 heteroatoms. The number of aromatic nitrogens is 2. The molecule has 1 heterocycles. The largest absolute Gasteiger partial charge is 0.342 e. The predicted octanol–water partition coefficient (Wildman–Crippen LogP) is 4.13. The van der Waals surface area contributed by atoms with Crippen LogP contribution in [-0.4, -0.2) is 15.9 Å². The van der Waals surface area contributed by atoms with E-state index in [0.29, 0.717) is 29.7 Å². The van der Waals surface area contributed by atoms with Gasteiger partial charge in [0.2, 0.25) is 5.92 Å². The van der Waals surface area contributed by atoms with Gasteiger partial charge in [-0.2, -0.15) is 0 Å². The molecule has 1 saturated carbocycles. The van der Waals surface area contributed by atoms with E-state index >= 15 is 0 Å². The molecule has 0 atom stereocenters. The van der Waals surface area contributed by atoms with Crippen LogP contribution in [0.25, 0.3) is 11.0 Å². The van der Waals surface area contributed by atoms with Gasteiger partial charge in [-0.15, -0.1) is 0 Å². The Morgan fingerprint density at radius 3 is 2.42 bits per heavy atom. The molecule has 2 nitrogen and oxygen atoms in total. The van der Waals surface area contributed by atoms with E-state index in [0.717, 1.165) is 12.1 Å². The number of aromatic amines is 1. The Labute approximate surface area is 106 Å². The molecule has 1 aromatic carbocycles. The molecule has 1 aliphatic carbocycles. The minimum absolute atomic E-state index is 0.0989. The molecule has 0 radical (unpaired) electrons. The maximum atomic E-state index is 13.1. The molecule has 19 heavy (non-hydrogen) atoms. The molecule has 1 N–H and O–H groups in total. The fourth-order valence-corrected chi connectivity index (χ4v) is 2.53. The quantitative estimate of drug-likeness (QED) is 0.777. The van der Waals surface area contributed by atoms with E-state index in [1.54, 1.807) is 0 Å². The van der Waals surface area contributed by atoms with E-state index in [4.69, 9.17) is 0 Å². The highest BCUT2D eigenvalue weighted by Gasteiger charge is 2.36. The SMILES string of the molecule is Fc1cc2nc(C3CCC(F)(F)CC3)[nH]c2cc1F. The van der Waals surface area contributed by atoms with Gasteiger partial charge in [0.15, 0.2) is 11.6 Å². The van der Waals surface area contributed by atoms with E-state index in [1.165, 1.54) is 0 Å². The average molecular weight is 272 g/mol. The first-order valence-corrected chi connectivity index (χ1v) is 6.17. The fourth-order valence-electron chi connectivity index (χ4n) is 2.53. The van der Waals surface area contributed by atoms with Crippen LogP contribution in [0.2, 0.25) is 0 Å². The highest BCUT2D eigenvalue weighted by atomic mass is 19.3. The van der Waals surface area contributed by atoms with E-state index in [1.807, 2.05) is 0 Å². The summed E-state index contributed by atoms with van der Waals surface area (Å²) in [5, 5.41) is 0. The van der Waals surface area contributed by atoms with Crippen molar-refractivity contribution in [2.45, 2.75) is 37.5 Å². The van der Waals surface area contributed by atoms with Gasteiger partial charge in [-0.25, -0.2) is 22.5 Å². The molecule has 1 aliphatic rings. The predicted molar refractivity (Wildman–Crippen MR) is 62.2 cm³/mol. The summed E-state index contributed by atoms with van der Waals surface area (Å²) >= 11 is 0. The Balaban J connectivity index is 1.90. The summed E-state index contributed by atoms with van der Waals surface area (Å²) in [5.41, 5.74) is 0.720. The summed E-state index contributed by atoms with van der Waals surface area (Å²) < 4.78 is 52.3. The zero-order chi connectivity index (χ0) is 13.6. The van der Waals surface area contributed by atoms with Crippen LogP contribution in [-0.2, 0) is 0 Å². The van der Waals surface area contributed by atoms with Gasteiger partial charge in [0.05, 0.1) is 11.0 Å². The summed E-state index contributed by atoms with van der Waals surface area (Å²) in [7, 11) is 0. The second kappa shape index (κ2) is 4.21. The van der Waals surface area contributed by atoms with Crippen LogP contribution >= 0.6 is 0 Å². The van der Waals surface area contributed by atoms with Crippen LogP contribution in [0.3, 0.4) is 0 Å². The van der Waals surface area contributed by atoms with Gasteiger partial charge in [0.1, 0.15) is 5.82 Å². The summed E-state index contributed by atoms with van der Waals surface area (Å²) in [6.45, 7) is 0. The van der Waals surface area contributed by atoms with Crippen LogP contribution in [0.5, 0.6) is 0 Å². The third-order valence-corrected chi connectivity index (χ3v) is 3.65. The molecule has 3 rings (SSSR count). The lowest BCUT2D eigenvalue weighted by Gasteiger charge is -2.26. The Bertz CT molecular complexity index is 571. The highest BCUT2D eigenvalue weighted by molar-refractivity contribution is 5.75. The van der Waals surface area contributed by atoms with Crippen LogP contribution in [0.1, 0.15) is 37.4 Å². The minimum Gasteiger partial charge on any atom is -0.342 e. The number of hydrogen-bond donors (Lipinski definition) is 1. The number of nitrogens with one attached hydrogen (secondary N) is 1. The zero-order valence-corrected chi connectivity index (χ0v) is 10.0. The average Bonchev–Trinajstić information content (AvgIpc) is 2.72. The van der Waals surface area contributed by atoms with Crippen LogP contribution in [0, 0.1) is 11.6 Å². The summed E-state index contributed by atoms with van der Waals surface area (Å²) in [6, 6.07) is 2.06. The zero-order valence-electron chi connectivity index (χ0n) is 10.0. The van der Waals surface area contributed by atoms with Crippen LogP contribution in [0.4, 0.5) is 17.6 Å². The van der Waals surface area contributed by atoms with Gasteiger partial charge in [-0.05, 0) is 12.8 Å². The maximum Gasteiger partial charge on any atom is 0.248 e. The van der Waals surface area contributed by atoms with Crippen molar-refractivity contribution in [1.29, 1.82) is 0 Å². The molecule has 0 spiro atoms. The molecule has 0 amide bonds. The van der Waals surface area contributed by atoms with Gasteiger partial charge in [-0.1, -0.05) is 0 Å². The standard InChI is InChI=1S/C13H12F4N2/c14-8-5-10-11(6-9(8)15)19-12(18-10)7-1-3-13(16,17)4-2-7/h5-7H,1-4H2,(H,18,19). The number of benzene rings is 1. The first-order valence-electron chi connectivity index (χ1n) is 6.17. The van der Waals surface area contributed by atoms with E-state index in [-0.39, 0.29) is 18.8 Å². The van der Waals surface area contributed by atoms with Crippen molar-refractivity contribution in [2.75, 3.05) is 0 Å². The number of hydrogen-bond acceptors (Lipinski definition) is 1. The molecule has 0 aliphatic heterocycles. The lowest BCUT2D eigenvalue weighted by Crippen LogP contribution is -2.24. The number of imidazole rings is 1. The van der Waals surface area contributed by atoms with E-state index in [9.17, 15) is 17.6 Å². The number of H-pyrrole nitrogens is 1. The molecule has 0 saturated heterocycles. The topological polar surface area (TPSA) is 28.7 Å². The Kier molecular flexibility index (Phi) is 2.76. The van der Waals surface area contributed by atoms with E-state index < -0.39 is 17.6 Å². The molecule has 1 aromatic heterocycles. The second-order valence-corrected chi connectivity index (χ2v) is 5.04. The molecule has 0 bridgehead atoms. The molecule has 1 fully saturated rings. The number of fused-ring (bicyclic) bond motifs is 1.